The van der Waals surface area contributed by atoms with Crippen LogP contribution in [0.4, 0.5) is 0 Å². The third-order valence-electron chi connectivity index (χ3n) is 5.89. The van der Waals surface area contributed by atoms with Gasteiger partial charge in [0.2, 0.25) is 11.8 Å². The Morgan fingerprint density at radius 1 is 1.07 bits per heavy atom. The van der Waals surface area contributed by atoms with E-state index in [1.54, 1.807) is 7.11 Å². The first-order chi connectivity index (χ1) is 14.4. The second kappa shape index (κ2) is 10.3. The monoisotopic (exact) mass is 408 g/mol. The molecule has 0 radical (unpaired) electrons. The van der Waals surface area contributed by atoms with Crippen LogP contribution in [0.5, 0.6) is 5.75 Å². The van der Waals surface area contributed by atoms with E-state index in [4.69, 9.17) is 4.74 Å². The van der Waals surface area contributed by atoms with E-state index in [9.17, 15) is 9.59 Å². The molecule has 1 saturated heterocycles. The van der Waals surface area contributed by atoms with Crippen LogP contribution < -0.4 is 10.1 Å². The Bertz CT molecular complexity index is 838. The molecule has 1 aliphatic rings. The summed E-state index contributed by atoms with van der Waals surface area (Å²) >= 11 is 0. The zero-order valence-corrected chi connectivity index (χ0v) is 18.2. The van der Waals surface area contributed by atoms with Crippen LogP contribution in [0.15, 0.2) is 48.5 Å². The van der Waals surface area contributed by atoms with Gasteiger partial charge in [-0.25, -0.2) is 0 Å². The van der Waals surface area contributed by atoms with Gasteiger partial charge in [-0.3, -0.25) is 9.59 Å². The fourth-order valence-corrected chi connectivity index (χ4v) is 4.08. The molecule has 160 valence electrons. The minimum atomic E-state index is -0.285. The molecule has 1 fully saturated rings. The second-order valence-corrected chi connectivity index (χ2v) is 8.24. The maximum absolute atomic E-state index is 12.9. The number of benzene rings is 2. The smallest absolute Gasteiger partial charge is 0.224 e. The lowest BCUT2D eigenvalue weighted by Crippen LogP contribution is -2.41. The summed E-state index contributed by atoms with van der Waals surface area (Å²) in [6.07, 6.45) is 3.34. The highest BCUT2D eigenvalue weighted by atomic mass is 16.5. The van der Waals surface area contributed by atoms with E-state index in [-0.39, 0.29) is 17.9 Å². The number of carbonyl (C=O) groups is 2. The van der Waals surface area contributed by atoms with Crippen LogP contribution in [0.2, 0.25) is 0 Å². The predicted octanol–water partition coefficient (Wildman–Crippen LogP) is 4.05. The first-order valence-corrected chi connectivity index (χ1v) is 10.7. The van der Waals surface area contributed by atoms with Crippen molar-refractivity contribution < 1.29 is 14.3 Å². The van der Waals surface area contributed by atoms with Gasteiger partial charge in [0.15, 0.2) is 0 Å². The van der Waals surface area contributed by atoms with Crippen LogP contribution >= 0.6 is 0 Å². The third kappa shape index (κ3) is 6.09. The van der Waals surface area contributed by atoms with Crippen LogP contribution in [-0.2, 0) is 16.0 Å². The quantitative estimate of drug-likeness (QED) is 0.752. The fourth-order valence-electron chi connectivity index (χ4n) is 4.08. The molecule has 5 nitrogen and oxygen atoms in total. The number of nitrogens with zero attached hydrogens (tertiary/aromatic N) is 1. The number of ether oxygens (including phenoxy) is 1. The molecule has 2 aromatic carbocycles. The summed E-state index contributed by atoms with van der Waals surface area (Å²) in [7, 11) is 1.68. The van der Waals surface area contributed by atoms with E-state index in [1.165, 1.54) is 12.5 Å². The molecule has 0 aromatic heterocycles. The SMILES string of the molecule is COc1ccc(CC2CCN(C(=O)CC(NC(C)=O)c3ccc(C)cc3)CC2)cc1. The van der Waals surface area contributed by atoms with Gasteiger partial charge in [0, 0.05) is 20.0 Å². The Morgan fingerprint density at radius 2 is 1.70 bits per heavy atom. The Kier molecular flexibility index (Phi) is 7.50. The lowest BCUT2D eigenvalue weighted by atomic mass is 9.90. The standard InChI is InChI=1S/C25H32N2O3/c1-18-4-8-22(9-5-18)24(26-19(2)28)17-25(29)27-14-12-21(13-15-27)16-20-6-10-23(30-3)11-7-20/h4-11,21,24H,12-17H2,1-3H3,(H,26,28). The average Bonchev–Trinajstić information content (AvgIpc) is 2.74. The number of methoxy groups -OCH3 is 1. The van der Waals surface area contributed by atoms with Gasteiger partial charge in [-0.1, -0.05) is 42.0 Å². The van der Waals surface area contributed by atoms with E-state index in [1.807, 2.05) is 48.2 Å². The summed E-state index contributed by atoms with van der Waals surface area (Å²) in [5.41, 5.74) is 3.44. The molecule has 5 heteroatoms. The lowest BCUT2D eigenvalue weighted by molar-refractivity contribution is -0.133. The Balaban J connectivity index is 1.53. The van der Waals surface area contributed by atoms with Crippen molar-refractivity contribution in [3.63, 3.8) is 0 Å². The molecule has 1 N–H and O–H groups in total. The number of hydrogen-bond acceptors (Lipinski definition) is 3. The molecule has 30 heavy (non-hydrogen) atoms. The van der Waals surface area contributed by atoms with Crippen molar-refractivity contribution in [2.75, 3.05) is 20.2 Å². The highest BCUT2D eigenvalue weighted by Crippen LogP contribution is 2.25. The Hall–Kier alpha value is -2.82. The second-order valence-electron chi connectivity index (χ2n) is 8.24. The van der Waals surface area contributed by atoms with Crippen molar-refractivity contribution in [3.05, 3.63) is 65.2 Å². The summed E-state index contributed by atoms with van der Waals surface area (Å²) in [4.78, 5) is 26.5. The molecular formula is C25H32N2O3. The van der Waals surface area contributed by atoms with Gasteiger partial charge in [0.05, 0.1) is 19.6 Å². The molecule has 2 amide bonds. The summed E-state index contributed by atoms with van der Waals surface area (Å²) in [6.45, 7) is 5.08. The van der Waals surface area contributed by atoms with Gasteiger partial charge in [-0.2, -0.15) is 0 Å². The number of likely N-dealkylation sites (tertiary alicyclic amines) is 1. The van der Waals surface area contributed by atoms with E-state index < -0.39 is 0 Å². The molecule has 1 heterocycles. The summed E-state index contributed by atoms with van der Waals surface area (Å²) < 4.78 is 5.22. The average molecular weight is 409 g/mol. The molecule has 1 aliphatic heterocycles. The van der Waals surface area contributed by atoms with Gasteiger partial charge < -0.3 is 15.0 Å². The highest BCUT2D eigenvalue weighted by molar-refractivity contribution is 5.79. The molecule has 2 aromatic rings. The molecule has 3 rings (SSSR count). The number of amides is 2. The number of piperidine rings is 1. The van der Waals surface area contributed by atoms with Crippen molar-refractivity contribution >= 4 is 11.8 Å². The molecule has 1 unspecified atom stereocenters. The Labute approximate surface area is 179 Å². The van der Waals surface area contributed by atoms with E-state index >= 15 is 0 Å². The third-order valence-corrected chi connectivity index (χ3v) is 5.89. The van der Waals surface area contributed by atoms with Gasteiger partial charge in [-0.15, -0.1) is 0 Å². The zero-order valence-electron chi connectivity index (χ0n) is 18.2. The normalized spacial score (nSPS) is 15.5. The molecule has 0 spiro atoms. The number of carbonyl (C=O) groups excluding carboxylic acids is 2. The predicted molar refractivity (Wildman–Crippen MR) is 118 cm³/mol. The van der Waals surface area contributed by atoms with Gasteiger partial charge in [0.25, 0.3) is 0 Å². The van der Waals surface area contributed by atoms with E-state index in [2.05, 4.69) is 17.4 Å². The van der Waals surface area contributed by atoms with Gasteiger partial charge >= 0.3 is 0 Å². The number of hydrogen-bond donors (Lipinski definition) is 1. The number of nitrogens with one attached hydrogen (secondary N) is 1. The van der Waals surface area contributed by atoms with Crippen molar-refractivity contribution in [2.24, 2.45) is 5.92 Å². The van der Waals surface area contributed by atoms with Crippen molar-refractivity contribution in [1.29, 1.82) is 0 Å². The number of aryl methyl sites for hydroxylation is 1. The molecule has 0 aliphatic carbocycles. The van der Waals surface area contributed by atoms with Crippen molar-refractivity contribution in [2.45, 2.75) is 45.6 Å². The van der Waals surface area contributed by atoms with Crippen LogP contribution in [0, 0.1) is 12.8 Å². The van der Waals surface area contributed by atoms with Crippen molar-refractivity contribution in [1.82, 2.24) is 10.2 Å². The van der Waals surface area contributed by atoms with E-state index in [0.29, 0.717) is 12.3 Å². The molecule has 0 saturated carbocycles. The molecular weight excluding hydrogens is 376 g/mol. The van der Waals surface area contributed by atoms with Gasteiger partial charge in [0.1, 0.15) is 5.75 Å². The topological polar surface area (TPSA) is 58.6 Å². The maximum Gasteiger partial charge on any atom is 0.224 e. The number of rotatable bonds is 7. The van der Waals surface area contributed by atoms with Crippen molar-refractivity contribution in [3.8, 4) is 5.75 Å². The summed E-state index contributed by atoms with van der Waals surface area (Å²) in [5, 5.41) is 2.94. The summed E-state index contributed by atoms with van der Waals surface area (Å²) in [5.74, 6) is 1.45. The minimum absolute atomic E-state index is 0.109. The lowest BCUT2D eigenvalue weighted by Gasteiger charge is -2.33. The largest absolute Gasteiger partial charge is 0.497 e. The van der Waals surface area contributed by atoms with Crippen LogP contribution in [0.3, 0.4) is 0 Å². The first kappa shape index (κ1) is 21.9. The van der Waals surface area contributed by atoms with Gasteiger partial charge in [-0.05, 0) is 55.4 Å². The molecule has 0 bridgehead atoms. The fraction of sp³-hybridized carbons (Fsp3) is 0.440. The minimum Gasteiger partial charge on any atom is -0.497 e. The van der Waals surface area contributed by atoms with Crippen LogP contribution in [0.1, 0.15) is 48.9 Å². The highest BCUT2D eigenvalue weighted by Gasteiger charge is 2.26. The Morgan fingerprint density at radius 3 is 2.27 bits per heavy atom. The van der Waals surface area contributed by atoms with Crippen LogP contribution in [0.25, 0.3) is 0 Å². The first-order valence-electron chi connectivity index (χ1n) is 10.7. The maximum atomic E-state index is 12.9. The van der Waals surface area contributed by atoms with Crippen LogP contribution in [-0.4, -0.2) is 36.9 Å². The summed E-state index contributed by atoms with van der Waals surface area (Å²) in [6, 6.07) is 16.0. The molecule has 1 atom stereocenters. The van der Waals surface area contributed by atoms with E-state index in [0.717, 1.165) is 49.2 Å². The zero-order chi connectivity index (χ0) is 21.5.